The molecule has 0 unspecified atom stereocenters. The van der Waals surface area contributed by atoms with E-state index in [2.05, 4.69) is 5.32 Å². The van der Waals surface area contributed by atoms with Crippen LogP contribution in [0.1, 0.15) is 15.2 Å². The highest BCUT2D eigenvalue weighted by Crippen LogP contribution is 2.28. The molecule has 0 spiro atoms. The number of hydrogen-bond acceptors (Lipinski definition) is 7. The Morgan fingerprint density at radius 2 is 2.08 bits per heavy atom. The van der Waals surface area contributed by atoms with Crippen LogP contribution in [0.15, 0.2) is 29.6 Å². The van der Waals surface area contributed by atoms with Gasteiger partial charge in [0.05, 0.1) is 23.8 Å². The molecule has 8 nitrogen and oxygen atoms in total. The van der Waals surface area contributed by atoms with Crippen molar-refractivity contribution < 1.29 is 24.0 Å². The number of nitrogens with zero attached hydrogens (tertiary/aromatic N) is 1. The van der Waals surface area contributed by atoms with Crippen molar-refractivity contribution in [3.8, 4) is 5.75 Å². The Labute approximate surface area is 141 Å². The molecule has 9 heteroatoms. The Balaban J connectivity index is 1.98. The van der Waals surface area contributed by atoms with Gasteiger partial charge in [0, 0.05) is 6.07 Å². The third-order valence-electron chi connectivity index (χ3n) is 3.05. The zero-order chi connectivity index (χ0) is 17.7. The van der Waals surface area contributed by atoms with E-state index in [4.69, 9.17) is 9.47 Å². The maximum Gasteiger partial charge on any atom is 0.349 e. The van der Waals surface area contributed by atoms with Crippen LogP contribution in [-0.4, -0.2) is 30.5 Å². The lowest BCUT2D eigenvalue weighted by atomic mass is 10.2. The molecule has 0 aliphatic rings. The molecule has 1 aromatic carbocycles. The smallest absolute Gasteiger partial charge is 0.349 e. The molecule has 0 saturated heterocycles. The minimum atomic E-state index is -0.579. The van der Waals surface area contributed by atoms with Crippen LogP contribution in [0.3, 0.4) is 0 Å². The van der Waals surface area contributed by atoms with Crippen molar-refractivity contribution in [1.29, 1.82) is 0 Å². The third kappa shape index (κ3) is 4.07. The van der Waals surface area contributed by atoms with Crippen molar-refractivity contribution in [2.75, 3.05) is 19.0 Å². The first-order chi connectivity index (χ1) is 11.4. The molecule has 1 N–H and O–H groups in total. The fourth-order valence-electron chi connectivity index (χ4n) is 1.86. The van der Waals surface area contributed by atoms with Crippen molar-refractivity contribution in [3.63, 3.8) is 0 Å². The van der Waals surface area contributed by atoms with Crippen molar-refractivity contribution in [2.24, 2.45) is 0 Å². The average molecular weight is 350 g/mol. The summed E-state index contributed by atoms with van der Waals surface area (Å²) in [6, 6.07) is 5.55. The number of amides is 1. The predicted molar refractivity (Wildman–Crippen MR) is 87.6 cm³/mol. The van der Waals surface area contributed by atoms with Gasteiger partial charge in [-0.2, -0.15) is 0 Å². The number of carbonyl (C=O) groups is 2. The second-order valence-electron chi connectivity index (χ2n) is 4.70. The lowest BCUT2D eigenvalue weighted by Crippen LogP contribution is -2.21. The van der Waals surface area contributed by atoms with Gasteiger partial charge in [0.15, 0.2) is 6.61 Å². The summed E-state index contributed by atoms with van der Waals surface area (Å²) in [4.78, 5) is 34.3. The molecule has 2 aromatic rings. The summed E-state index contributed by atoms with van der Waals surface area (Å²) < 4.78 is 9.96. The monoisotopic (exact) mass is 350 g/mol. The van der Waals surface area contributed by atoms with E-state index in [-0.39, 0.29) is 17.1 Å². The Morgan fingerprint density at radius 3 is 2.67 bits per heavy atom. The van der Waals surface area contributed by atoms with Crippen LogP contribution in [0.25, 0.3) is 0 Å². The van der Waals surface area contributed by atoms with Crippen molar-refractivity contribution in [3.05, 3.63) is 50.2 Å². The van der Waals surface area contributed by atoms with E-state index in [1.54, 1.807) is 18.4 Å². The van der Waals surface area contributed by atoms with Gasteiger partial charge >= 0.3 is 5.97 Å². The molecule has 1 aromatic heterocycles. The number of methoxy groups -OCH3 is 1. The Hall–Kier alpha value is -2.94. The molecule has 1 amide bonds. The van der Waals surface area contributed by atoms with E-state index in [9.17, 15) is 19.7 Å². The van der Waals surface area contributed by atoms with E-state index in [1.807, 2.05) is 0 Å². The lowest BCUT2D eigenvalue weighted by molar-refractivity contribution is -0.384. The highest BCUT2D eigenvalue weighted by molar-refractivity contribution is 7.12. The highest BCUT2D eigenvalue weighted by Gasteiger charge is 2.16. The van der Waals surface area contributed by atoms with E-state index in [1.165, 1.54) is 36.6 Å². The number of nitro benzene ring substituents is 1. The first-order valence-corrected chi connectivity index (χ1v) is 7.64. The topological polar surface area (TPSA) is 108 Å². The van der Waals surface area contributed by atoms with Crippen molar-refractivity contribution >= 4 is 34.6 Å². The zero-order valence-electron chi connectivity index (χ0n) is 12.9. The zero-order valence-corrected chi connectivity index (χ0v) is 13.7. The number of carbonyl (C=O) groups excluding carboxylic acids is 2. The van der Waals surface area contributed by atoms with Crippen LogP contribution >= 0.6 is 11.3 Å². The fourth-order valence-corrected chi connectivity index (χ4v) is 2.68. The molecular weight excluding hydrogens is 336 g/mol. The van der Waals surface area contributed by atoms with Gasteiger partial charge in [-0.25, -0.2) is 4.79 Å². The number of aryl methyl sites for hydroxylation is 1. The molecule has 0 bridgehead atoms. The highest BCUT2D eigenvalue weighted by atomic mass is 32.1. The first kappa shape index (κ1) is 17.4. The summed E-state index contributed by atoms with van der Waals surface area (Å²) in [7, 11) is 1.33. The van der Waals surface area contributed by atoms with Crippen LogP contribution in [0.5, 0.6) is 5.75 Å². The van der Waals surface area contributed by atoms with Crippen LogP contribution in [0, 0.1) is 17.0 Å². The molecule has 0 fully saturated rings. The molecule has 2 rings (SSSR count). The summed E-state index contributed by atoms with van der Waals surface area (Å²) in [5.41, 5.74) is 0.864. The fraction of sp³-hybridized carbons (Fsp3) is 0.200. The SMILES string of the molecule is COc1cc([N+](=O)[O-])ccc1NC(=O)COC(=O)c1sccc1C. The number of ether oxygens (including phenoxy) is 2. The number of rotatable bonds is 6. The Bertz CT molecular complexity index is 786. The quantitative estimate of drug-likeness (QED) is 0.487. The number of anilines is 1. The molecule has 0 atom stereocenters. The number of nitro groups is 1. The number of hydrogen-bond donors (Lipinski definition) is 1. The number of esters is 1. The maximum absolute atomic E-state index is 11.9. The van der Waals surface area contributed by atoms with Gasteiger partial charge in [0.1, 0.15) is 10.6 Å². The summed E-state index contributed by atoms with van der Waals surface area (Å²) in [5, 5.41) is 15.0. The Morgan fingerprint density at radius 1 is 1.33 bits per heavy atom. The Kier molecular flexibility index (Phi) is 5.48. The van der Waals surface area contributed by atoms with Crippen molar-refractivity contribution in [1.82, 2.24) is 0 Å². The van der Waals surface area contributed by atoms with Crippen LogP contribution in [0.4, 0.5) is 11.4 Å². The second-order valence-corrected chi connectivity index (χ2v) is 5.61. The first-order valence-electron chi connectivity index (χ1n) is 6.76. The molecule has 0 aliphatic carbocycles. The maximum atomic E-state index is 11.9. The molecule has 1 heterocycles. The second kappa shape index (κ2) is 7.55. The normalized spacial score (nSPS) is 10.1. The van der Waals surface area contributed by atoms with E-state index < -0.39 is 23.4 Å². The average Bonchev–Trinajstić information content (AvgIpc) is 2.99. The molecule has 24 heavy (non-hydrogen) atoms. The third-order valence-corrected chi connectivity index (χ3v) is 4.05. The van der Waals surface area contributed by atoms with Crippen molar-refractivity contribution in [2.45, 2.75) is 6.92 Å². The number of non-ortho nitro benzene ring substituents is 1. The van der Waals surface area contributed by atoms with Gasteiger partial charge in [-0.05, 0) is 30.0 Å². The van der Waals surface area contributed by atoms with Gasteiger partial charge in [0.2, 0.25) is 0 Å². The summed E-state index contributed by atoms with van der Waals surface area (Å²) >= 11 is 1.23. The molecule has 126 valence electrons. The minimum Gasteiger partial charge on any atom is -0.494 e. The summed E-state index contributed by atoms with van der Waals surface area (Å²) in [6.07, 6.45) is 0. The molecular formula is C15H14N2O6S. The van der Waals surface area contributed by atoms with Crippen LogP contribution in [0.2, 0.25) is 0 Å². The largest absolute Gasteiger partial charge is 0.494 e. The van der Waals surface area contributed by atoms with E-state index >= 15 is 0 Å². The number of nitrogens with one attached hydrogen (secondary N) is 1. The minimum absolute atomic E-state index is 0.137. The summed E-state index contributed by atoms with van der Waals surface area (Å²) in [5.74, 6) is -1.02. The van der Waals surface area contributed by atoms with E-state index in [0.717, 1.165) is 5.56 Å². The summed E-state index contributed by atoms with van der Waals surface area (Å²) in [6.45, 7) is 1.30. The van der Waals surface area contributed by atoms with E-state index in [0.29, 0.717) is 4.88 Å². The number of thiophene rings is 1. The molecule has 0 aliphatic heterocycles. The van der Waals surface area contributed by atoms with Crippen LogP contribution in [-0.2, 0) is 9.53 Å². The van der Waals surface area contributed by atoms with Gasteiger partial charge in [0.25, 0.3) is 11.6 Å². The van der Waals surface area contributed by atoms with Gasteiger partial charge < -0.3 is 14.8 Å². The lowest BCUT2D eigenvalue weighted by Gasteiger charge is -2.10. The standard InChI is InChI=1S/C15H14N2O6S/c1-9-5-6-24-14(9)15(19)23-8-13(18)16-11-4-3-10(17(20)21)7-12(11)22-2/h3-7H,8H2,1-2H3,(H,16,18). The van der Waals surface area contributed by atoms with Gasteiger partial charge in [-0.15, -0.1) is 11.3 Å². The van der Waals surface area contributed by atoms with Gasteiger partial charge in [-0.3, -0.25) is 14.9 Å². The van der Waals surface area contributed by atoms with Gasteiger partial charge in [-0.1, -0.05) is 0 Å². The number of benzene rings is 1. The molecule has 0 radical (unpaired) electrons. The predicted octanol–water partition coefficient (Wildman–Crippen LogP) is 2.77. The molecule has 0 saturated carbocycles. The van der Waals surface area contributed by atoms with Crippen LogP contribution < -0.4 is 10.1 Å².